The van der Waals surface area contributed by atoms with E-state index in [0.29, 0.717) is 25.9 Å². The summed E-state index contributed by atoms with van der Waals surface area (Å²) in [6.45, 7) is 7.41. The Hall–Kier alpha value is -0.890. The number of aromatic nitrogens is 1. The van der Waals surface area contributed by atoms with E-state index >= 15 is 0 Å². The van der Waals surface area contributed by atoms with Crippen LogP contribution in [0.25, 0.3) is 10.2 Å². The molecule has 0 radical (unpaired) electrons. The number of anilines is 1. The van der Waals surface area contributed by atoms with Crippen molar-refractivity contribution in [1.82, 2.24) is 9.88 Å². The maximum atomic E-state index is 13.2. The highest BCUT2D eigenvalue weighted by Crippen LogP contribution is 2.34. The van der Waals surface area contributed by atoms with Gasteiger partial charge in [0, 0.05) is 13.1 Å². The third-order valence-corrected chi connectivity index (χ3v) is 6.73. The van der Waals surface area contributed by atoms with Gasteiger partial charge in [0.2, 0.25) is 0 Å². The SMILES string of the molecule is CCN(CC)CCN(C(=O)c1cc(Cl)sc1Cl)c1nc2ccccc2s1.Cl. The number of likely N-dealkylation sites (N-methyl/N-ethyl adjacent to an activating group) is 1. The van der Waals surface area contributed by atoms with E-state index in [1.807, 2.05) is 24.3 Å². The van der Waals surface area contributed by atoms with Crippen molar-refractivity contribution in [3.8, 4) is 0 Å². The maximum absolute atomic E-state index is 13.2. The standard InChI is InChI=1S/C18H19Cl2N3OS2.ClH/c1-3-22(4-2)9-10-23(17(24)12-11-15(19)26-16(12)20)18-21-13-7-5-6-8-14(13)25-18;/h5-8,11H,3-4,9-10H2,1-2H3;1H. The van der Waals surface area contributed by atoms with E-state index in [1.165, 1.54) is 22.7 Å². The largest absolute Gasteiger partial charge is 0.302 e. The monoisotopic (exact) mass is 463 g/mol. The summed E-state index contributed by atoms with van der Waals surface area (Å²) in [5.74, 6) is -0.163. The molecule has 27 heavy (non-hydrogen) atoms. The molecule has 1 amide bonds. The minimum Gasteiger partial charge on any atom is -0.302 e. The predicted octanol–water partition coefficient (Wildman–Crippen LogP) is 6.08. The lowest BCUT2D eigenvalue weighted by Gasteiger charge is -2.24. The Morgan fingerprint density at radius 1 is 1.11 bits per heavy atom. The van der Waals surface area contributed by atoms with Crippen molar-refractivity contribution in [2.75, 3.05) is 31.1 Å². The molecular formula is C18H20Cl3N3OS2. The lowest BCUT2D eigenvalue weighted by molar-refractivity contribution is 0.0984. The van der Waals surface area contributed by atoms with E-state index in [2.05, 4.69) is 23.7 Å². The highest BCUT2D eigenvalue weighted by molar-refractivity contribution is 7.22. The molecular weight excluding hydrogens is 445 g/mol. The predicted molar refractivity (Wildman–Crippen MR) is 121 cm³/mol. The van der Waals surface area contributed by atoms with Gasteiger partial charge in [-0.25, -0.2) is 4.98 Å². The van der Waals surface area contributed by atoms with Crippen molar-refractivity contribution in [2.45, 2.75) is 13.8 Å². The molecule has 0 N–H and O–H groups in total. The number of amides is 1. The molecule has 0 aliphatic heterocycles. The number of carbonyl (C=O) groups is 1. The van der Waals surface area contributed by atoms with Gasteiger partial charge in [-0.2, -0.15) is 0 Å². The first kappa shape index (κ1) is 22.4. The normalized spacial score (nSPS) is 11.0. The van der Waals surface area contributed by atoms with E-state index < -0.39 is 0 Å². The van der Waals surface area contributed by atoms with E-state index in [9.17, 15) is 4.79 Å². The van der Waals surface area contributed by atoms with Gasteiger partial charge in [-0.1, -0.05) is 60.5 Å². The molecule has 0 bridgehead atoms. The fraction of sp³-hybridized carbons (Fsp3) is 0.333. The van der Waals surface area contributed by atoms with Crippen molar-refractivity contribution >= 4 is 79.5 Å². The van der Waals surface area contributed by atoms with E-state index in [4.69, 9.17) is 23.2 Å². The average molecular weight is 465 g/mol. The van der Waals surface area contributed by atoms with Gasteiger partial charge < -0.3 is 4.90 Å². The average Bonchev–Trinajstić information content (AvgIpc) is 3.20. The van der Waals surface area contributed by atoms with Crippen LogP contribution in [0.5, 0.6) is 0 Å². The van der Waals surface area contributed by atoms with Gasteiger partial charge in [-0.15, -0.1) is 23.7 Å². The molecule has 0 saturated carbocycles. The first-order valence-electron chi connectivity index (χ1n) is 8.38. The van der Waals surface area contributed by atoms with Crippen molar-refractivity contribution < 1.29 is 4.79 Å². The molecule has 3 rings (SSSR count). The first-order chi connectivity index (χ1) is 12.5. The number of para-hydroxylation sites is 1. The van der Waals surface area contributed by atoms with Crippen LogP contribution in [0.4, 0.5) is 5.13 Å². The molecule has 0 aliphatic rings. The van der Waals surface area contributed by atoms with E-state index in [-0.39, 0.29) is 18.3 Å². The lowest BCUT2D eigenvalue weighted by Crippen LogP contribution is -2.38. The fourth-order valence-electron chi connectivity index (χ4n) is 2.67. The van der Waals surface area contributed by atoms with Gasteiger partial charge in [-0.3, -0.25) is 9.69 Å². The molecule has 3 aromatic rings. The second-order valence-electron chi connectivity index (χ2n) is 5.69. The van der Waals surface area contributed by atoms with Crippen molar-refractivity contribution in [2.24, 2.45) is 0 Å². The molecule has 4 nitrogen and oxygen atoms in total. The third kappa shape index (κ3) is 5.13. The summed E-state index contributed by atoms with van der Waals surface area (Å²) in [6.07, 6.45) is 0. The number of nitrogens with zero attached hydrogens (tertiary/aromatic N) is 3. The second kappa shape index (κ2) is 10.0. The molecule has 0 aliphatic carbocycles. The molecule has 9 heteroatoms. The summed E-state index contributed by atoms with van der Waals surface area (Å²) in [5, 5.41) is 0.682. The number of carbonyl (C=O) groups excluding carboxylic acids is 1. The first-order valence-corrected chi connectivity index (χ1v) is 10.8. The molecule has 0 spiro atoms. The van der Waals surface area contributed by atoms with Crippen molar-refractivity contribution in [1.29, 1.82) is 0 Å². The van der Waals surface area contributed by atoms with Crippen LogP contribution in [0, 0.1) is 0 Å². The Morgan fingerprint density at radius 2 is 1.81 bits per heavy atom. The number of hydrogen-bond donors (Lipinski definition) is 0. The van der Waals surface area contributed by atoms with Crippen LogP contribution in [-0.2, 0) is 0 Å². The van der Waals surface area contributed by atoms with Gasteiger partial charge in [-0.05, 0) is 31.3 Å². The zero-order valence-corrected chi connectivity index (χ0v) is 18.9. The van der Waals surface area contributed by atoms with Crippen molar-refractivity contribution in [3.63, 3.8) is 0 Å². The summed E-state index contributed by atoms with van der Waals surface area (Å²) in [5.41, 5.74) is 1.32. The number of benzene rings is 1. The molecule has 0 unspecified atom stereocenters. The number of rotatable bonds is 7. The van der Waals surface area contributed by atoms with E-state index in [1.54, 1.807) is 11.0 Å². The molecule has 0 saturated heterocycles. The summed E-state index contributed by atoms with van der Waals surface area (Å²) in [6, 6.07) is 9.52. The Balaban J connectivity index is 0.00000261. The van der Waals surface area contributed by atoms with Crippen molar-refractivity contribution in [3.05, 3.63) is 44.6 Å². The summed E-state index contributed by atoms with van der Waals surface area (Å²) in [4.78, 5) is 21.8. The second-order valence-corrected chi connectivity index (χ2v) is 8.98. The Morgan fingerprint density at radius 3 is 2.41 bits per heavy atom. The lowest BCUT2D eigenvalue weighted by atomic mass is 10.3. The van der Waals surface area contributed by atoms with Gasteiger partial charge in [0.15, 0.2) is 5.13 Å². The van der Waals surface area contributed by atoms with Crippen LogP contribution in [0.2, 0.25) is 8.67 Å². The zero-order valence-electron chi connectivity index (χ0n) is 14.9. The van der Waals surface area contributed by atoms with Crippen LogP contribution in [0.3, 0.4) is 0 Å². The number of thiophene rings is 1. The van der Waals surface area contributed by atoms with Gasteiger partial charge in [0.25, 0.3) is 5.91 Å². The topological polar surface area (TPSA) is 36.4 Å². The summed E-state index contributed by atoms with van der Waals surface area (Å²) < 4.78 is 1.97. The highest BCUT2D eigenvalue weighted by atomic mass is 35.5. The quantitative estimate of drug-likeness (QED) is 0.425. The maximum Gasteiger partial charge on any atom is 0.262 e. The zero-order chi connectivity index (χ0) is 18.7. The molecule has 0 fully saturated rings. The van der Waals surface area contributed by atoms with Crippen LogP contribution in [0.15, 0.2) is 30.3 Å². The highest BCUT2D eigenvalue weighted by Gasteiger charge is 2.25. The number of thiazole rings is 1. The molecule has 2 heterocycles. The molecule has 146 valence electrons. The van der Waals surface area contributed by atoms with Crippen LogP contribution >= 0.6 is 58.3 Å². The summed E-state index contributed by atoms with van der Waals surface area (Å²) in [7, 11) is 0. The number of hydrogen-bond acceptors (Lipinski definition) is 5. The van der Waals surface area contributed by atoms with Gasteiger partial charge >= 0.3 is 0 Å². The minimum atomic E-state index is -0.163. The Labute approximate surface area is 183 Å². The smallest absolute Gasteiger partial charge is 0.262 e. The van der Waals surface area contributed by atoms with Crippen LogP contribution < -0.4 is 4.90 Å². The third-order valence-electron chi connectivity index (χ3n) is 4.18. The van der Waals surface area contributed by atoms with Crippen LogP contribution in [-0.4, -0.2) is 42.0 Å². The Bertz CT molecular complexity index is 875. The number of fused-ring (bicyclic) bond motifs is 1. The van der Waals surface area contributed by atoms with E-state index in [0.717, 1.165) is 29.9 Å². The summed E-state index contributed by atoms with van der Waals surface area (Å²) >= 11 is 15.0. The minimum absolute atomic E-state index is 0. The Kier molecular flexibility index (Phi) is 8.34. The van der Waals surface area contributed by atoms with Gasteiger partial charge in [0.1, 0.15) is 4.34 Å². The molecule has 2 aromatic heterocycles. The molecule has 1 aromatic carbocycles. The fourth-order valence-corrected chi connectivity index (χ4v) is 5.11. The molecule has 0 atom stereocenters. The van der Waals surface area contributed by atoms with Crippen LogP contribution in [0.1, 0.15) is 24.2 Å². The number of halogens is 3. The van der Waals surface area contributed by atoms with Gasteiger partial charge in [0.05, 0.1) is 20.1 Å².